The van der Waals surface area contributed by atoms with Gasteiger partial charge in [0.2, 0.25) is 25.2 Å². The zero-order chi connectivity index (χ0) is 45.6. The van der Waals surface area contributed by atoms with Crippen molar-refractivity contribution >= 4 is 11.8 Å². The van der Waals surface area contributed by atoms with E-state index in [9.17, 15) is 19.8 Å². The molecule has 0 aromatic carbocycles. The van der Waals surface area contributed by atoms with Gasteiger partial charge in [-0.1, -0.05) is 31.6 Å². The molecule has 64 heavy (non-hydrogen) atoms. The first-order chi connectivity index (χ1) is 30.6. The highest BCUT2D eigenvalue weighted by Crippen LogP contribution is 2.68. The molecule has 16 heteroatoms. The molecule has 3 saturated carbocycles. The van der Waals surface area contributed by atoms with Crippen molar-refractivity contribution < 1.29 is 76.6 Å². The molecule has 354 valence electrons. The molecule has 0 aromatic heterocycles. The number of allylic oxidation sites excluding steroid dienone is 3. The molecule has 8 rings (SSSR count). The summed E-state index contributed by atoms with van der Waals surface area (Å²) in [4.78, 5) is 26.4. The van der Waals surface area contributed by atoms with Gasteiger partial charge in [0.25, 0.3) is 0 Å². The van der Waals surface area contributed by atoms with Crippen LogP contribution in [0.4, 0.5) is 0 Å². The number of methoxy groups -OCH3 is 3. The summed E-state index contributed by atoms with van der Waals surface area (Å²) >= 11 is 0. The molecule has 12 unspecified atom stereocenters. The van der Waals surface area contributed by atoms with Crippen LogP contribution in [0, 0.1) is 28.6 Å². The summed E-state index contributed by atoms with van der Waals surface area (Å²) in [5.41, 5.74) is -0.535. The summed E-state index contributed by atoms with van der Waals surface area (Å²) < 4.78 is 71.9. The number of Topliss-reactive ketones (excluding diaryl/α,β-unsaturated/α-hetero) is 1. The molecule has 15 atom stereocenters. The SMILES string of the molecule is C/C=C(\C)C(=O)OC1CC2C(CC=C3CC(OC4OC=C(O[C@H]5CC(OC)C(O[C@H]6CC(OC)C(O[C@H]7CCC(O)=CO7)=CO6)=CO5)C4OC)CCC32C)C2(O)CCC(C(C)=O)C12C. The molecule has 4 heterocycles. The van der Waals surface area contributed by atoms with E-state index in [-0.39, 0.29) is 40.8 Å². The Morgan fingerprint density at radius 1 is 0.781 bits per heavy atom. The highest BCUT2D eigenvalue weighted by molar-refractivity contribution is 5.88. The summed E-state index contributed by atoms with van der Waals surface area (Å²) in [6.45, 7) is 9.40. The average molecular weight is 899 g/mol. The Kier molecular flexibility index (Phi) is 13.4. The predicted molar refractivity (Wildman–Crippen MR) is 225 cm³/mol. The van der Waals surface area contributed by atoms with Crippen molar-refractivity contribution in [2.75, 3.05) is 21.3 Å². The molecule has 0 spiro atoms. The molecule has 0 bridgehead atoms. The summed E-state index contributed by atoms with van der Waals surface area (Å²) in [6, 6.07) is 0. The first kappa shape index (κ1) is 46.3. The van der Waals surface area contributed by atoms with Crippen LogP contribution in [0.2, 0.25) is 0 Å². The van der Waals surface area contributed by atoms with E-state index >= 15 is 0 Å². The summed E-state index contributed by atoms with van der Waals surface area (Å²) in [5, 5.41) is 22.4. The molecule has 8 aliphatic rings. The first-order valence-electron chi connectivity index (χ1n) is 22.8. The topological polar surface area (TPSA) is 185 Å². The van der Waals surface area contributed by atoms with E-state index in [0.29, 0.717) is 80.6 Å². The summed E-state index contributed by atoms with van der Waals surface area (Å²) in [7, 11) is 4.73. The number of rotatable bonds is 14. The van der Waals surface area contributed by atoms with Crippen molar-refractivity contribution in [1.29, 1.82) is 0 Å². The molecule has 3 fully saturated rings. The van der Waals surface area contributed by atoms with Gasteiger partial charge in [0, 0.05) is 51.1 Å². The molecule has 0 amide bonds. The third kappa shape index (κ3) is 8.42. The van der Waals surface area contributed by atoms with Gasteiger partial charge in [-0.05, 0) is 83.0 Å². The fourth-order valence-electron chi connectivity index (χ4n) is 11.8. The second-order valence-corrected chi connectivity index (χ2v) is 18.9. The minimum absolute atomic E-state index is 0.0315. The zero-order valence-corrected chi connectivity index (χ0v) is 38.3. The lowest BCUT2D eigenvalue weighted by atomic mass is 9.45. The van der Waals surface area contributed by atoms with Crippen LogP contribution in [0.3, 0.4) is 0 Å². The molecule has 0 saturated heterocycles. The van der Waals surface area contributed by atoms with Gasteiger partial charge in [-0.2, -0.15) is 0 Å². The maximum Gasteiger partial charge on any atom is 0.333 e. The molecular weight excluding hydrogens is 833 g/mol. The van der Waals surface area contributed by atoms with E-state index in [1.165, 1.54) is 30.6 Å². The number of ether oxygens (including phenoxy) is 12. The molecule has 0 aromatic rings. The normalized spacial score (nSPS) is 41.6. The Hall–Kier alpha value is -4.22. The Balaban J connectivity index is 0.875. The number of hydrogen-bond donors (Lipinski definition) is 2. The van der Waals surface area contributed by atoms with Crippen LogP contribution in [0.5, 0.6) is 0 Å². The van der Waals surface area contributed by atoms with Crippen LogP contribution in [0.25, 0.3) is 0 Å². The lowest BCUT2D eigenvalue weighted by Gasteiger charge is -2.63. The Labute approximate surface area is 375 Å². The van der Waals surface area contributed by atoms with Crippen LogP contribution >= 0.6 is 0 Å². The number of aliphatic hydroxyl groups is 2. The van der Waals surface area contributed by atoms with Gasteiger partial charge in [-0.3, -0.25) is 4.79 Å². The first-order valence-corrected chi connectivity index (χ1v) is 22.8. The van der Waals surface area contributed by atoms with Gasteiger partial charge in [-0.15, -0.1) is 0 Å². The van der Waals surface area contributed by atoms with Crippen molar-refractivity contribution in [2.24, 2.45) is 28.6 Å². The predicted octanol–water partition coefficient (Wildman–Crippen LogP) is 7.15. The number of carbonyl (C=O) groups excluding carboxylic acids is 2. The molecule has 4 aliphatic heterocycles. The second-order valence-electron chi connectivity index (χ2n) is 18.9. The van der Waals surface area contributed by atoms with Crippen LogP contribution in [0.1, 0.15) is 105 Å². The Morgan fingerprint density at radius 2 is 1.42 bits per heavy atom. The molecular formula is C48H66O16. The highest BCUT2D eigenvalue weighted by atomic mass is 16.7. The Bertz CT molecular complexity index is 1950. The van der Waals surface area contributed by atoms with Gasteiger partial charge >= 0.3 is 5.97 Å². The standard InChI is InChI=1S/C48H66O16/c1-9-26(2)44(51)64-39-19-33-32(48(52)17-15-31(27(3)49)47(39,48)5)12-10-28-18-30(14-16-46(28,33)4)60-45-43(55-8)38(25-59-45)63-42-21-35(54-7)37(24-58-42)62-41-20-34(53-6)36(23-57-41)61-40-13-11-29(50)22-56-40/h9-10,22-25,30-35,39-43,45,50,52H,11-21H2,1-8H3/b26-9+/t30?,31?,32?,33?,34?,35?,39?,40-,41-,42-,43?,45?,46?,47?,48?/m0/s1. The van der Waals surface area contributed by atoms with E-state index in [1.807, 2.05) is 6.92 Å². The molecule has 0 radical (unpaired) electrons. The van der Waals surface area contributed by atoms with E-state index in [0.717, 1.165) is 12.8 Å². The lowest BCUT2D eigenvalue weighted by molar-refractivity contribution is -0.234. The van der Waals surface area contributed by atoms with E-state index in [4.69, 9.17) is 56.8 Å². The lowest BCUT2D eigenvalue weighted by Crippen LogP contribution is -2.66. The summed E-state index contributed by atoms with van der Waals surface area (Å²) in [5.74, 6) is 0.675. The van der Waals surface area contributed by atoms with Crippen LogP contribution in [0.15, 0.2) is 71.4 Å². The fourth-order valence-corrected chi connectivity index (χ4v) is 11.8. The minimum atomic E-state index is -1.16. The minimum Gasteiger partial charge on any atom is -0.509 e. The number of ketones is 1. The van der Waals surface area contributed by atoms with Gasteiger partial charge in [0.05, 0.1) is 24.5 Å². The van der Waals surface area contributed by atoms with Crippen molar-refractivity contribution in [3.05, 3.63) is 71.4 Å². The fraction of sp³-hybridized carbons (Fsp3) is 0.708. The zero-order valence-electron chi connectivity index (χ0n) is 38.3. The Morgan fingerprint density at radius 3 is 2.03 bits per heavy atom. The maximum absolute atomic E-state index is 13.3. The monoisotopic (exact) mass is 898 g/mol. The molecule has 16 nitrogen and oxygen atoms in total. The highest BCUT2D eigenvalue weighted by Gasteiger charge is 2.71. The maximum atomic E-state index is 13.3. The third-order valence-electron chi connectivity index (χ3n) is 15.7. The van der Waals surface area contributed by atoms with Crippen molar-refractivity contribution in [3.63, 3.8) is 0 Å². The smallest absolute Gasteiger partial charge is 0.333 e. The van der Waals surface area contributed by atoms with Gasteiger partial charge in [-0.25, -0.2) is 4.79 Å². The van der Waals surface area contributed by atoms with Gasteiger partial charge in [0.15, 0.2) is 23.4 Å². The van der Waals surface area contributed by atoms with E-state index in [2.05, 4.69) is 13.0 Å². The number of aliphatic hydroxyl groups excluding tert-OH is 1. The van der Waals surface area contributed by atoms with Crippen molar-refractivity contribution in [3.8, 4) is 0 Å². The average Bonchev–Trinajstić information content (AvgIpc) is 3.81. The van der Waals surface area contributed by atoms with Crippen molar-refractivity contribution in [1.82, 2.24) is 0 Å². The summed E-state index contributed by atoms with van der Waals surface area (Å²) in [6.07, 6.45) is 10.6. The third-order valence-corrected chi connectivity index (χ3v) is 15.7. The number of fused-ring (bicyclic) bond motifs is 5. The molecule has 2 N–H and O–H groups in total. The van der Waals surface area contributed by atoms with E-state index < -0.39 is 66.6 Å². The second kappa shape index (κ2) is 18.6. The van der Waals surface area contributed by atoms with Crippen LogP contribution in [-0.2, 0) is 66.4 Å². The number of esters is 1. The largest absolute Gasteiger partial charge is 0.509 e. The molecule has 4 aliphatic carbocycles. The quantitative estimate of drug-likeness (QED) is 0.102. The van der Waals surface area contributed by atoms with Crippen molar-refractivity contribution in [2.45, 2.75) is 167 Å². The van der Waals surface area contributed by atoms with Crippen LogP contribution in [-0.4, -0.2) is 105 Å². The number of carbonyl (C=O) groups is 2. The van der Waals surface area contributed by atoms with Crippen LogP contribution < -0.4 is 0 Å². The van der Waals surface area contributed by atoms with Gasteiger partial charge < -0.3 is 67.1 Å². The van der Waals surface area contributed by atoms with E-state index in [1.54, 1.807) is 48.2 Å². The van der Waals surface area contributed by atoms with Gasteiger partial charge in [0.1, 0.15) is 54.9 Å². The number of hydrogen-bond acceptors (Lipinski definition) is 16.